The minimum absolute atomic E-state index is 0.109. The van der Waals surface area contributed by atoms with E-state index in [4.69, 9.17) is 9.15 Å². The number of allylic oxidation sites excluding steroid dienone is 5. The van der Waals surface area contributed by atoms with Crippen molar-refractivity contribution in [1.29, 1.82) is 0 Å². The van der Waals surface area contributed by atoms with Gasteiger partial charge in [-0.25, -0.2) is 0 Å². The number of fused-ring (bicyclic) bond motifs is 4. The van der Waals surface area contributed by atoms with Crippen LogP contribution in [0.5, 0.6) is 11.5 Å². The Hall–Kier alpha value is -7.56. The third kappa shape index (κ3) is 9.63. The van der Waals surface area contributed by atoms with Gasteiger partial charge in [0.1, 0.15) is 11.3 Å². The number of ether oxygens (including phenoxy) is 1. The van der Waals surface area contributed by atoms with Gasteiger partial charge in [-0.15, -0.1) is 0 Å². The second-order valence-electron chi connectivity index (χ2n) is 22.2. The Morgan fingerprint density at radius 3 is 1.75 bits per heavy atom. The SMILES string of the molecule is C=C(C)/C=C(C)\C=C(/C)N(c1ccc(C)ccc2c(N(c3cc(C)cc(C)c3)c3cccc(C)c3Oc3c(C)cccc3C(C)(C)C)ccc3ccc1cc32)c1cccc2c1oc1c(C(C)(C)C)cccc12. The van der Waals surface area contributed by atoms with Gasteiger partial charge >= 0.3 is 0 Å². The summed E-state index contributed by atoms with van der Waals surface area (Å²) in [6.07, 6.45) is 4.39. The van der Waals surface area contributed by atoms with E-state index in [2.05, 4.69) is 264 Å². The molecule has 0 amide bonds. The monoisotopic (exact) mass is 947 g/mol. The third-order valence-electron chi connectivity index (χ3n) is 13.8. The van der Waals surface area contributed by atoms with Gasteiger partial charge in [-0.3, -0.25) is 0 Å². The van der Waals surface area contributed by atoms with Gasteiger partial charge in [0.15, 0.2) is 11.3 Å². The zero-order chi connectivity index (χ0) is 51.4. The predicted molar refractivity (Wildman–Crippen MR) is 311 cm³/mol. The molecule has 0 saturated heterocycles. The van der Waals surface area contributed by atoms with Gasteiger partial charge in [0.05, 0.1) is 22.7 Å². The highest BCUT2D eigenvalue weighted by Gasteiger charge is 2.27. The molecule has 8 aromatic carbocycles. The van der Waals surface area contributed by atoms with E-state index in [1.54, 1.807) is 0 Å². The van der Waals surface area contributed by atoms with Crippen molar-refractivity contribution >= 4 is 71.9 Å². The van der Waals surface area contributed by atoms with Gasteiger partial charge in [-0.05, 0) is 159 Å². The molecule has 364 valence electrons. The zero-order valence-electron chi connectivity index (χ0n) is 44.9. The van der Waals surface area contributed by atoms with Crippen LogP contribution in [0.15, 0.2) is 186 Å². The normalized spacial score (nSPS) is 12.5. The van der Waals surface area contributed by atoms with Crippen LogP contribution in [0.3, 0.4) is 0 Å². The number of anilines is 5. The van der Waals surface area contributed by atoms with Crippen molar-refractivity contribution in [1.82, 2.24) is 0 Å². The van der Waals surface area contributed by atoms with Crippen LogP contribution in [0.1, 0.15) is 101 Å². The van der Waals surface area contributed by atoms with Crippen LogP contribution in [-0.2, 0) is 10.8 Å². The molecule has 0 aliphatic carbocycles. The lowest BCUT2D eigenvalue weighted by atomic mass is 9.85. The Bertz CT molecular complexity index is 3680. The molecule has 0 atom stereocenters. The first-order valence-corrected chi connectivity index (χ1v) is 25.3. The van der Waals surface area contributed by atoms with Gasteiger partial charge in [0.2, 0.25) is 0 Å². The maximum Gasteiger partial charge on any atom is 0.159 e. The van der Waals surface area contributed by atoms with Crippen LogP contribution in [0, 0.1) is 34.6 Å². The van der Waals surface area contributed by atoms with E-state index in [-0.39, 0.29) is 10.8 Å². The van der Waals surface area contributed by atoms with Crippen LogP contribution >= 0.6 is 0 Å². The number of hydrogen-bond acceptors (Lipinski definition) is 4. The number of para-hydroxylation sites is 4. The third-order valence-corrected chi connectivity index (χ3v) is 13.8. The molecule has 72 heavy (non-hydrogen) atoms. The lowest BCUT2D eigenvalue weighted by molar-refractivity contribution is 0.450. The molecule has 0 aliphatic heterocycles. The van der Waals surface area contributed by atoms with Gasteiger partial charge in [-0.1, -0.05) is 168 Å². The molecular weight excluding hydrogens is 877 g/mol. The van der Waals surface area contributed by atoms with Crippen molar-refractivity contribution in [3.8, 4) is 11.5 Å². The number of benzene rings is 7. The lowest BCUT2D eigenvalue weighted by Gasteiger charge is -2.31. The fourth-order valence-electron chi connectivity index (χ4n) is 10.5. The van der Waals surface area contributed by atoms with Crippen LogP contribution in [0.2, 0.25) is 0 Å². The average Bonchev–Trinajstić information content (AvgIpc) is 3.69. The van der Waals surface area contributed by atoms with Crippen LogP contribution in [-0.4, -0.2) is 0 Å². The maximum atomic E-state index is 7.31. The molecule has 0 fully saturated rings. The number of furan rings is 1. The molecule has 1 aromatic heterocycles. The van der Waals surface area contributed by atoms with E-state index < -0.39 is 0 Å². The number of hydrogen-bond donors (Lipinski definition) is 0. The van der Waals surface area contributed by atoms with Crippen molar-refractivity contribution in [3.63, 3.8) is 0 Å². The first-order valence-electron chi connectivity index (χ1n) is 25.3. The summed E-state index contributed by atoms with van der Waals surface area (Å²) in [5, 5.41) is 6.67. The summed E-state index contributed by atoms with van der Waals surface area (Å²) < 4.78 is 14.4. The summed E-state index contributed by atoms with van der Waals surface area (Å²) in [4.78, 5) is 4.79. The Kier molecular flexibility index (Phi) is 13.2. The van der Waals surface area contributed by atoms with Crippen LogP contribution in [0.25, 0.3) is 43.5 Å². The Morgan fingerprint density at radius 1 is 0.486 bits per heavy atom. The molecular formula is C68H70N2O2. The fraction of sp³-hybridized carbons (Fsp3) is 0.235. The van der Waals surface area contributed by atoms with E-state index in [9.17, 15) is 0 Å². The van der Waals surface area contributed by atoms with E-state index in [0.717, 1.165) is 117 Å². The molecule has 0 spiro atoms. The second-order valence-corrected chi connectivity index (χ2v) is 22.2. The molecule has 0 N–H and O–H groups in total. The molecule has 9 rings (SSSR count). The predicted octanol–water partition coefficient (Wildman–Crippen LogP) is 20.4. The molecule has 0 saturated carbocycles. The Balaban J connectivity index is 1.34. The highest BCUT2D eigenvalue weighted by molar-refractivity contribution is 6.13. The summed E-state index contributed by atoms with van der Waals surface area (Å²) in [5.74, 6) is 1.73. The summed E-state index contributed by atoms with van der Waals surface area (Å²) in [7, 11) is 0. The first-order chi connectivity index (χ1) is 34.2. The average molecular weight is 947 g/mol. The maximum absolute atomic E-state index is 7.31. The molecule has 0 radical (unpaired) electrons. The zero-order valence-corrected chi connectivity index (χ0v) is 44.9. The number of rotatable bonds is 10. The van der Waals surface area contributed by atoms with E-state index >= 15 is 0 Å². The van der Waals surface area contributed by atoms with Gasteiger partial charge in [-0.2, -0.15) is 0 Å². The van der Waals surface area contributed by atoms with Crippen molar-refractivity contribution in [2.45, 2.75) is 108 Å². The number of aryl methyl sites for hydroxylation is 5. The second kappa shape index (κ2) is 19.2. The van der Waals surface area contributed by atoms with Gasteiger partial charge < -0.3 is 19.0 Å². The van der Waals surface area contributed by atoms with Gasteiger partial charge in [0.25, 0.3) is 0 Å². The molecule has 4 nitrogen and oxygen atoms in total. The summed E-state index contributed by atoms with van der Waals surface area (Å²) >= 11 is 0. The quantitative estimate of drug-likeness (QED) is 0.128. The standard InChI is InChI=1S/C68H70N2O2/c1-42(2)36-44(4)38-49(9)69(62-27-19-23-55-54-22-18-25-58(68(13,14)15)65(54)72-66(55)62)59-34-29-43(3)28-33-53-56-41-51(59)31-30-50(56)32-35-60(53)70(52-39-45(5)37-46(6)40-52)61-26-17-21-48(8)64(61)71-63-47(7)20-16-24-57(63)67(10,11)12/h16-41H,1H2,2-15H3/b33-28?,34-29?,43-28?,43-29?,44-36-,49-38+,53-33?,59-34?,59-51?. The highest BCUT2D eigenvalue weighted by Crippen LogP contribution is 2.49. The smallest absolute Gasteiger partial charge is 0.159 e. The Morgan fingerprint density at radius 2 is 1.06 bits per heavy atom. The van der Waals surface area contributed by atoms with Crippen molar-refractivity contribution in [3.05, 3.63) is 220 Å². The molecule has 1 heterocycles. The van der Waals surface area contributed by atoms with Crippen molar-refractivity contribution < 1.29 is 9.15 Å². The number of nitrogens with zero attached hydrogens (tertiary/aromatic N) is 2. The minimum atomic E-state index is -0.131. The molecule has 2 bridgehead atoms. The molecule has 9 aromatic rings. The molecule has 0 unspecified atom stereocenters. The van der Waals surface area contributed by atoms with Crippen LogP contribution < -0.4 is 14.5 Å². The summed E-state index contributed by atoms with van der Waals surface area (Å²) in [6.45, 7) is 35.0. The van der Waals surface area contributed by atoms with Crippen molar-refractivity contribution in [2.75, 3.05) is 9.80 Å². The van der Waals surface area contributed by atoms with E-state index in [0.29, 0.717) is 0 Å². The summed E-state index contributed by atoms with van der Waals surface area (Å²) in [6, 6.07) is 53.4. The van der Waals surface area contributed by atoms with Crippen LogP contribution in [0.4, 0.5) is 28.4 Å². The van der Waals surface area contributed by atoms with Gasteiger partial charge in [0, 0.05) is 38.7 Å². The molecule has 4 heteroatoms. The topological polar surface area (TPSA) is 28.9 Å². The first kappa shape index (κ1) is 49.4. The molecule has 0 aliphatic rings. The van der Waals surface area contributed by atoms with E-state index in [1.165, 1.54) is 22.3 Å². The van der Waals surface area contributed by atoms with E-state index in [1.807, 2.05) is 6.92 Å². The van der Waals surface area contributed by atoms with Crippen molar-refractivity contribution in [2.24, 2.45) is 0 Å². The highest BCUT2D eigenvalue weighted by atomic mass is 16.5. The minimum Gasteiger partial charge on any atom is -0.454 e. The Labute approximate surface area is 428 Å². The lowest BCUT2D eigenvalue weighted by Crippen LogP contribution is -2.15. The largest absolute Gasteiger partial charge is 0.454 e. The fourth-order valence-corrected chi connectivity index (χ4v) is 10.5. The summed E-state index contributed by atoms with van der Waals surface area (Å²) in [5.41, 5.74) is 17.8.